The Morgan fingerprint density at radius 1 is 1.37 bits per heavy atom. The largest absolute Gasteiger partial charge is 0.478 e. The van der Waals surface area contributed by atoms with Crippen molar-refractivity contribution >= 4 is 33.7 Å². The quantitative estimate of drug-likeness (QED) is 0.863. The van der Waals surface area contributed by atoms with Gasteiger partial charge in [-0.05, 0) is 41.7 Å². The monoisotopic (exact) mass is 323 g/mol. The Morgan fingerprint density at radius 3 is 2.58 bits per heavy atom. The number of carboxylic acid groups (broad SMARTS) is 1. The van der Waals surface area contributed by atoms with E-state index in [9.17, 15) is 4.79 Å². The molecular weight excluding hydrogens is 306 g/mol. The van der Waals surface area contributed by atoms with Crippen molar-refractivity contribution in [1.29, 1.82) is 0 Å². The minimum absolute atomic E-state index is 0.667. The van der Waals surface area contributed by atoms with Gasteiger partial charge in [0.1, 0.15) is 0 Å². The van der Waals surface area contributed by atoms with E-state index in [1.807, 2.05) is 12.1 Å². The van der Waals surface area contributed by atoms with Crippen LogP contribution in [0.3, 0.4) is 0 Å². The molecule has 102 valence electrons. The van der Waals surface area contributed by atoms with Gasteiger partial charge in [0.05, 0.1) is 0 Å². The molecule has 2 rings (SSSR count). The zero-order valence-electron chi connectivity index (χ0n) is 11.1. The fourth-order valence-electron chi connectivity index (χ4n) is 2.43. The fourth-order valence-corrected chi connectivity index (χ4v) is 2.81. The highest BCUT2D eigenvalue weighted by Crippen LogP contribution is 2.32. The van der Waals surface area contributed by atoms with E-state index < -0.39 is 5.97 Å². The molecule has 1 heterocycles. The fraction of sp³-hybridized carbons (Fsp3) is 0.400. The number of nitrogens with zero attached hydrogens (tertiary/aromatic N) is 1. The number of anilines is 1. The molecule has 1 saturated heterocycles. The molecule has 1 aliphatic rings. The van der Waals surface area contributed by atoms with Gasteiger partial charge < -0.3 is 10.0 Å². The summed E-state index contributed by atoms with van der Waals surface area (Å²) in [4.78, 5) is 13.0. The molecule has 2 unspecified atom stereocenters. The van der Waals surface area contributed by atoms with Gasteiger partial charge in [0.25, 0.3) is 0 Å². The van der Waals surface area contributed by atoms with Crippen LogP contribution in [0, 0.1) is 11.8 Å². The Balaban J connectivity index is 2.32. The molecule has 2 atom stereocenters. The number of hydrogen-bond acceptors (Lipinski definition) is 2. The lowest BCUT2D eigenvalue weighted by Gasteiger charge is -2.21. The lowest BCUT2D eigenvalue weighted by molar-refractivity contribution is -0.131. The van der Waals surface area contributed by atoms with Crippen LogP contribution in [0.4, 0.5) is 5.69 Å². The van der Waals surface area contributed by atoms with Gasteiger partial charge in [-0.2, -0.15) is 0 Å². The number of hydrogen-bond donors (Lipinski definition) is 1. The molecule has 1 aromatic carbocycles. The number of benzene rings is 1. The van der Waals surface area contributed by atoms with Crippen molar-refractivity contribution in [3.8, 4) is 0 Å². The molecule has 1 fully saturated rings. The van der Waals surface area contributed by atoms with Gasteiger partial charge in [-0.15, -0.1) is 0 Å². The summed E-state index contributed by atoms with van der Waals surface area (Å²) in [6.07, 6.45) is 2.85. The van der Waals surface area contributed by atoms with Gasteiger partial charge >= 0.3 is 5.97 Å². The van der Waals surface area contributed by atoms with Crippen LogP contribution < -0.4 is 4.90 Å². The van der Waals surface area contributed by atoms with Crippen LogP contribution >= 0.6 is 15.9 Å². The van der Waals surface area contributed by atoms with Crippen LogP contribution in [0.5, 0.6) is 0 Å². The number of rotatable bonds is 3. The highest BCUT2D eigenvalue weighted by Gasteiger charge is 2.27. The topological polar surface area (TPSA) is 40.5 Å². The van der Waals surface area contributed by atoms with Crippen molar-refractivity contribution in [2.45, 2.75) is 13.8 Å². The summed E-state index contributed by atoms with van der Waals surface area (Å²) in [5.74, 6) is 0.411. The Labute approximate surface area is 122 Å². The van der Waals surface area contributed by atoms with Crippen LogP contribution in [0.15, 0.2) is 28.7 Å². The summed E-state index contributed by atoms with van der Waals surface area (Å²) >= 11 is 3.44. The smallest absolute Gasteiger partial charge is 0.328 e. The average Bonchev–Trinajstić information content (AvgIpc) is 2.67. The van der Waals surface area contributed by atoms with E-state index in [2.05, 4.69) is 40.7 Å². The van der Waals surface area contributed by atoms with Crippen LogP contribution in [0.2, 0.25) is 0 Å². The van der Waals surface area contributed by atoms with Crippen LogP contribution in [-0.2, 0) is 4.79 Å². The third-order valence-corrected chi connectivity index (χ3v) is 4.22. The molecule has 0 radical (unpaired) electrons. The first-order chi connectivity index (χ1) is 8.97. The number of halogens is 1. The third-order valence-electron chi connectivity index (χ3n) is 3.72. The van der Waals surface area contributed by atoms with Crippen molar-refractivity contribution in [3.05, 3.63) is 34.3 Å². The van der Waals surface area contributed by atoms with E-state index in [0.717, 1.165) is 28.8 Å². The molecule has 19 heavy (non-hydrogen) atoms. The van der Waals surface area contributed by atoms with E-state index in [-0.39, 0.29) is 0 Å². The number of carboxylic acids is 1. The van der Waals surface area contributed by atoms with E-state index in [0.29, 0.717) is 11.8 Å². The minimum Gasteiger partial charge on any atom is -0.478 e. The molecule has 1 aromatic rings. The molecule has 0 saturated carbocycles. The van der Waals surface area contributed by atoms with Crippen molar-refractivity contribution < 1.29 is 9.90 Å². The highest BCUT2D eigenvalue weighted by atomic mass is 79.9. The first-order valence-electron chi connectivity index (χ1n) is 6.43. The number of carbonyl (C=O) groups is 1. The minimum atomic E-state index is -0.922. The molecule has 0 bridgehead atoms. The predicted octanol–water partition coefficient (Wildman–Crippen LogP) is 3.64. The summed E-state index contributed by atoms with van der Waals surface area (Å²) in [6, 6.07) is 6.01. The second kappa shape index (κ2) is 5.78. The maximum atomic E-state index is 10.7. The summed E-state index contributed by atoms with van der Waals surface area (Å²) < 4.78 is 0.960. The summed E-state index contributed by atoms with van der Waals surface area (Å²) in [5.41, 5.74) is 2.05. The summed E-state index contributed by atoms with van der Waals surface area (Å²) in [5, 5.41) is 8.77. The van der Waals surface area contributed by atoms with Crippen LogP contribution in [0.25, 0.3) is 6.08 Å². The first-order valence-corrected chi connectivity index (χ1v) is 7.22. The van der Waals surface area contributed by atoms with Crippen molar-refractivity contribution in [2.75, 3.05) is 18.0 Å². The van der Waals surface area contributed by atoms with Gasteiger partial charge in [-0.25, -0.2) is 4.79 Å². The van der Waals surface area contributed by atoms with E-state index >= 15 is 0 Å². The van der Waals surface area contributed by atoms with Crippen molar-refractivity contribution in [1.82, 2.24) is 0 Å². The molecule has 4 heteroatoms. The molecule has 0 amide bonds. The molecule has 0 aromatic heterocycles. The molecule has 0 spiro atoms. The molecule has 0 aliphatic carbocycles. The van der Waals surface area contributed by atoms with Crippen molar-refractivity contribution in [2.24, 2.45) is 11.8 Å². The van der Waals surface area contributed by atoms with Gasteiger partial charge in [0.15, 0.2) is 0 Å². The third kappa shape index (κ3) is 3.38. The van der Waals surface area contributed by atoms with Gasteiger partial charge in [-0.3, -0.25) is 0 Å². The maximum absolute atomic E-state index is 10.7. The first kappa shape index (κ1) is 14.1. The van der Waals surface area contributed by atoms with E-state index in [1.165, 1.54) is 6.08 Å². The normalized spacial score (nSPS) is 23.2. The van der Waals surface area contributed by atoms with Crippen LogP contribution in [-0.4, -0.2) is 24.2 Å². The Bertz CT molecular complexity index is 503. The molecule has 1 N–H and O–H groups in total. The summed E-state index contributed by atoms with van der Waals surface area (Å²) in [6.45, 7) is 6.57. The van der Waals surface area contributed by atoms with Gasteiger partial charge in [0, 0.05) is 29.3 Å². The summed E-state index contributed by atoms with van der Waals surface area (Å²) in [7, 11) is 0. The lowest BCUT2D eigenvalue weighted by atomic mass is 10.0. The average molecular weight is 324 g/mol. The standard InChI is InChI=1S/C15H18BrNO2/c1-10-8-17(9-11(10)2)14-5-4-13(16)7-12(14)3-6-15(18)19/h3-7,10-11H,8-9H2,1-2H3,(H,18,19)/b6-3+. The van der Waals surface area contributed by atoms with E-state index in [4.69, 9.17) is 5.11 Å². The molecule has 3 nitrogen and oxygen atoms in total. The highest BCUT2D eigenvalue weighted by molar-refractivity contribution is 9.10. The predicted molar refractivity (Wildman–Crippen MR) is 81.4 cm³/mol. The van der Waals surface area contributed by atoms with Gasteiger partial charge in [-0.1, -0.05) is 29.8 Å². The number of aliphatic carboxylic acids is 1. The zero-order valence-corrected chi connectivity index (χ0v) is 12.7. The molecular formula is C15H18BrNO2. The zero-order chi connectivity index (χ0) is 14.0. The second-order valence-electron chi connectivity index (χ2n) is 5.23. The maximum Gasteiger partial charge on any atom is 0.328 e. The Morgan fingerprint density at radius 2 is 2.00 bits per heavy atom. The van der Waals surface area contributed by atoms with Crippen LogP contribution in [0.1, 0.15) is 19.4 Å². The molecule has 1 aliphatic heterocycles. The second-order valence-corrected chi connectivity index (χ2v) is 6.15. The Kier molecular flexibility index (Phi) is 4.30. The Hall–Kier alpha value is -1.29. The van der Waals surface area contributed by atoms with E-state index in [1.54, 1.807) is 6.08 Å². The van der Waals surface area contributed by atoms with Gasteiger partial charge in [0.2, 0.25) is 0 Å². The van der Waals surface area contributed by atoms with Crippen molar-refractivity contribution in [3.63, 3.8) is 0 Å². The lowest BCUT2D eigenvalue weighted by Crippen LogP contribution is -2.20. The SMILES string of the molecule is CC1CN(c2ccc(Br)cc2/C=C/C(=O)O)CC1C.